The average molecular weight is 241 g/mol. The van der Waals surface area contributed by atoms with E-state index in [1.165, 1.54) is 5.56 Å². The molecule has 0 amide bonds. The highest BCUT2D eigenvalue weighted by Crippen LogP contribution is 2.58. The smallest absolute Gasteiger partial charge is 0.123 e. The van der Waals surface area contributed by atoms with Gasteiger partial charge in [-0.1, -0.05) is 15.9 Å². The standard InChI is InChI=1S/C10H9BrO2/c11-5-1-2-8-6(3-5)9-7(4-12)10(9)13-8/h1-3,7,9-10,12H,4H2. The van der Waals surface area contributed by atoms with Gasteiger partial charge in [0.1, 0.15) is 11.9 Å². The fourth-order valence-electron chi connectivity index (χ4n) is 2.16. The first-order chi connectivity index (χ1) is 6.31. The van der Waals surface area contributed by atoms with Crippen molar-refractivity contribution in [1.29, 1.82) is 0 Å². The molecule has 68 valence electrons. The van der Waals surface area contributed by atoms with Crippen LogP contribution in [0.4, 0.5) is 0 Å². The van der Waals surface area contributed by atoms with E-state index in [1.54, 1.807) is 0 Å². The molecule has 0 bridgehead atoms. The second-order valence-corrected chi connectivity index (χ2v) is 4.55. The third kappa shape index (κ3) is 0.973. The predicted octanol–water partition coefficient (Wildman–Crippen LogP) is 1.92. The molecule has 3 unspecified atom stereocenters. The Balaban J connectivity index is 2.01. The Morgan fingerprint density at radius 2 is 2.31 bits per heavy atom. The molecule has 2 nitrogen and oxygen atoms in total. The number of halogens is 1. The Morgan fingerprint density at radius 1 is 1.46 bits per heavy atom. The third-order valence-corrected chi connectivity index (χ3v) is 3.39. The molecule has 0 spiro atoms. The number of aliphatic hydroxyl groups excluding tert-OH is 1. The Hall–Kier alpha value is -0.540. The van der Waals surface area contributed by atoms with Crippen LogP contribution in [0.5, 0.6) is 5.75 Å². The van der Waals surface area contributed by atoms with E-state index in [2.05, 4.69) is 22.0 Å². The molecule has 1 aromatic carbocycles. The molecule has 1 fully saturated rings. The van der Waals surface area contributed by atoms with E-state index in [4.69, 9.17) is 9.84 Å². The van der Waals surface area contributed by atoms with Gasteiger partial charge in [-0.15, -0.1) is 0 Å². The fraction of sp³-hybridized carbons (Fsp3) is 0.400. The van der Waals surface area contributed by atoms with Crippen LogP contribution in [0.2, 0.25) is 0 Å². The molecule has 3 atom stereocenters. The average Bonchev–Trinajstić information content (AvgIpc) is 2.70. The number of ether oxygens (including phenoxy) is 1. The lowest BCUT2D eigenvalue weighted by atomic mass is 10.1. The minimum atomic E-state index is 0.237. The van der Waals surface area contributed by atoms with Gasteiger partial charge in [0.15, 0.2) is 0 Å². The van der Waals surface area contributed by atoms with Crippen LogP contribution < -0.4 is 4.74 Å². The first-order valence-electron chi connectivity index (χ1n) is 4.38. The molecule has 0 radical (unpaired) electrons. The highest BCUT2D eigenvalue weighted by atomic mass is 79.9. The second-order valence-electron chi connectivity index (χ2n) is 3.64. The maximum Gasteiger partial charge on any atom is 0.123 e. The minimum Gasteiger partial charge on any atom is -0.489 e. The van der Waals surface area contributed by atoms with Crippen LogP contribution in [-0.2, 0) is 0 Å². The quantitative estimate of drug-likeness (QED) is 0.813. The molecule has 13 heavy (non-hydrogen) atoms. The van der Waals surface area contributed by atoms with E-state index in [1.807, 2.05) is 12.1 Å². The molecule has 0 saturated heterocycles. The summed E-state index contributed by atoms with van der Waals surface area (Å²) in [6.07, 6.45) is 0.245. The predicted molar refractivity (Wildman–Crippen MR) is 51.9 cm³/mol. The second kappa shape index (κ2) is 2.49. The van der Waals surface area contributed by atoms with E-state index < -0.39 is 0 Å². The molecule has 3 rings (SSSR count). The van der Waals surface area contributed by atoms with Crippen molar-refractivity contribution in [1.82, 2.24) is 0 Å². The van der Waals surface area contributed by atoms with Crippen molar-refractivity contribution in [2.75, 3.05) is 6.61 Å². The Labute approximate surface area is 84.7 Å². The number of benzene rings is 1. The molecule has 1 heterocycles. The zero-order chi connectivity index (χ0) is 9.00. The highest BCUT2D eigenvalue weighted by Gasteiger charge is 2.58. The normalized spacial score (nSPS) is 33.5. The number of rotatable bonds is 1. The molecule has 3 heteroatoms. The van der Waals surface area contributed by atoms with Gasteiger partial charge < -0.3 is 9.84 Å². The molecule has 1 saturated carbocycles. The molecule has 1 N–H and O–H groups in total. The van der Waals surface area contributed by atoms with Crippen molar-refractivity contribution < 1.29 is 9.84 Å². The molecular formula is C10H9BrO2. The van der Waals surface area contributed by atoms with Crippen LogP contribution >= 0.6 is 15.9 Å². The van der Waals surface area contributed by atoms with Gasteiger partial charge in [-0.2, -0.15) is 0 Å². The summed E-state index contributed by atoms with van der Waals surface area (Å²) in [5.41, 5.74) is 1.25. The summed E-state index contributed by atoms with van der Waals surface area (Å²) in [5, 5.41) is 9.02. The molecule has 1 aliphatic carbocycles. The van der Waals surface area contributed by atoms with E-state index in [-0.39, 0.29) is 12.7 Å². The van der Waals surface area contributed by atoms with Gasteiger partial charge in [0.25, 0.3) is 0 Å². The van der Waals surface area contributed by atoms with E-state index in [0.29, 0.717) is 11.8 Å². The van der Waals surface area contributed by atoms with Gasteiger partial charge in [-0.3, -0.25) is 0 Å². The summed E-state index contributed by atoms with van der Waals surface area (Å²) in [6.45, 7) is 0.237. The summed E-state index contributed by atoms with van der Waals surface area (Å²) in [4.78, 5) is 0. The molecule has 1 aliphatic heterocycles. The summed E-state index contributed by atoms with van der Waals surface area (Å²) in [6, 6.07) is 6.06. The Kier molecular flexibility index (Phi) is 1.50. The van der Waals surface area contributed by atoms with Crippen molar-refractivity contribution in [3.8, 4) is 5.75 Å². The Bertz CT molecular complexity index is 364. The molecule has 2 aliphatic rings. The lowest BCUT2D eigenvalue weighted by molar-refractivity contribution is 0.224. The monoisotopic (exact) mass is 240 g/mol. The molecular weight excluding hydrogens is 232 g/mol. The maximum atomic E-state index is 9.02. The topological polar surface area (TPSA) is 29.5 Å². The SMILES string of the molecule is OCC1C2Oc3ccc(Br)cc3C12. The van der Waals surface area contributed by atoms with Gasteiger partial charge >= 0.3 is 0 Å². The summed E-state index contributed by atoms with van der Waals surface area (Å²) >= 11 is 3.43. The summed E-state index contributed by atoms with van der Waals surface area (Å²) < 4.78 is 6.74. The first kappa shape index (κ1) is 7.83. The van der Waals surface area contributed by atoms with Gasteiger partial charge in [0.05, 0.1) is 6.61 Å². The van der Waals surface area contributed by atoms with Crippen LogP contribution in [0.3, 0.4) is 0 Å². The van der Waals surface area contributed by atoms with Gasteiger partial charge in [0, 0.05) is 21.9 Å². The zero-order valence-electron chi connectivity index (χ0n) is 6.90. The van der Waals surface area contributed by atoms with E-state index >= 15 is 0 Å². The maximum absolute atomic E-state index is 9.02. The van der Waals surface area contributed by atoms with Crippen LogP contribution in [0.15, 0.2) is 22.7 Å². The number of fused-ring (bicyclic) bond motifs is 3. The van der Waals surface area contributed by atoms with Crippen LogP contribution in [0.1, 0.15) is 11.5 Å². The van der Waals surface area contributed by atoms with Gasteiger partial charge in [0.2, 0.25) is 0 Å². The lowest BCUT2D eigenvalue weighted by Gasteiger charge is -2.06. The Morgan fingerprint density at radius 3 is 3.08 bits per heavy atom. The highest BCUT2D eigenvalue weighted by molar-refractivity contribution is 9.10. The lowest BCUT2D eigenvalue weighted by Crippen LogP contribution is -2.02. The number of hydrogen-bond acceptors (Lipinski definition) is 2. The largest absolute Gasteiger partial charge is 0.489 e. The van der Waals surface area contributed by atoms with Gasteiger partial charge in [-0.25, -0.2) is 0 Å². The number of aliphatic hydroxyl groups is 1. The number of hydrogen-bond donors (Lipinski definition) is 1. The van der Waals surface area contributed by atoms with E-state index in [0.717, 1.165) is 10.2 Å². The van der Waals surface area contributed by atoms with Crippen LogP contribution in [0, 0.1) is 5.92 Å². The van der Waals surface area contributed by atoms with Crippen molar-refractivity contribution in [3.63, 3.8) is 0 Å². The van der Waals surface area contributed by atoms with Crippen molar-refractivity contribution in [3.05, 3.63) is 28.2 Å². The van der Waals surface area contributed by atoms with E-state index in [9.17, 15) is 0 Å². The van der Waals surface area contributed by atoms with Crippen LogP contribution in [0.25, 0.3) is 0 Å². The van der Waals surface area contributed by atoms with Crippen molar-refractivity contribution >= 4 is 15.9 Å². The summed E-state index contributed by atoms with van der Waals surface area (Å²) in [5.74, 6) is 1.77. The zero-order valence-corrected chi connectivity index (χ0v) is 8.49. The fourth-order valence-corrected chi connectivity index (χ4v) is 2.54. The molecule has 1 aromatic rings. The van der Waals surface area contributed by atoms with Crippen molar-refractivity contribution in [2.24, 2.45) is 5.92 Å². The van der Waals surface area contributed by atoms with Gasteiger partial charge in [-0.05, 0) is 18.2 Å². The van der Waals surface area contributed by atoms with Crippen LogP contribution in [-0.4, -0.2) is 17.8 Å². The first-order valence-corrected chi connectivity index (χ1v) is 5.17. The summed E-state index contributed by atoms with van der Waals surface area (Å²) in [7, 11) is 0. The third-order valence-electron chi connectivity index (χ3n) is 2.90. The molecule has 0 aromatic heterocycles. The minimum absolute atomic E-state index is 0.237. The van der Waals surface area contributed by atoms with Crippen molar-refractivity contribution in [2.45, 2.75) is 12.0 Å².